The number of nitrogens with zero attached hydrogens (tertiary/aromatic N) is 1. The Morgan fingerprint density at radius 1 is 1.00 bits per heavy atom. The third-order valence-electron chi connectivity index (χ3n) is 5.44. The molecular formula is C23H25Cl2N3O. The normalized spacial score (nSPS) is 18.7. The van der Waals surface area contributed by atoms with Crippen molar-refractivity contribution in [2.45, 2.75) is 44.7 Å². The molecule has 0 saturated heterocycles. The van der Waals surface area contributed by atoms with Crippen LogP contribution in [0, 0.1) is 6.92 Å². The zero-order valence-electron chi connectivity index (χ0n) is 16.3. The lowest BCUT2D eigenvalue weighted by Gasteiger charge is -2.30. The highest BCUT2D eigenvalue weighted by Crippen LogP contribution is 2.25. The van der Waals surface area contributed by atoms with Crippen molar-refractivity contribution >= 4 is 46.6 Å². The molecule has 1 aliphatic rings. The van der Waals surface area contributed by atoms with Gasteiger partial charge in [0.05, 0.1) is 5.52 Å². The summed E-state index contributed by atoms with van der Waals surface area (Å²) in [5, 5.41) is 8.57. The van der Waals surface area contributed by atoms with Crippen LogP contribution in [0.3, 0.4) is 0 Å². The summed E-state index contributed by atoms with van der Waals surface area (Å²) in [4.78, 5) is 17.1. The van der Waals surface area contributed by atoms with Crippen LogP contribution in [0.15, 0.2) is 54.6 Å². The van der Waals surface area contributed by atoms with Gasteiger partial charge in [0.1, 0.15) is 5.82 Å². The van der Waals surface area contributed by atoms with E-state index >= 15 is 0 Å². The number of pyridine rings is 1. The van der Waals surface area contributed by atoms with E-state index in [0.29, 0.717) is 16.6 Å². The lowest BCUT2D eigenvalue weighted by molar-refractivity contribution is 0.0926. The number of aromatic nitrogens is 1. The van der Waals surface area contributed by atoms with Crippen molar-refractivity contribution in [3.05, 3.63) is 70.7 Å². The molecule has 1 aromatic heterocycles. The van der Waals surface area contributed by atoms with Crippen molar-refractivity contribution in [2.75, 3.05) is 5.32 Å². The minimum Gasteiger partial charge on any atom is -0.367 e. The van der Waals surface area contributed by atoms with Crippen molar-refractivity contribution in [2.24, 2.45) is 0 Å². The minimum atomic E-state index is -0.0279. The van der Waals surface area contributed by atoms with Crippen LogP contribution < -0.4 is 10.6 Å². The zero-order valence-corrected chi connectivity index (χ0v) is 17.9. The third kappa shape index (κ3) is 5.20. The van der Waals surface area contributed by atoms with Crippen molar-refractivity contribution in [3.8, 4) is 0 Å². The van der Waals surface area contributed by atoms with E-state index in [2.05, 4.69) is 35.8 Å². The number of hydrogen-bond acceptors (Lipinski definition) is 3. The van der Waals surface area contributed by atoms with Crippen molar-refractivity contribution in [1.82, 2.24) is 10.3 Å². The maximum atomic E-state index is 12.4. The van der Waals surface area contributed by atoms with Crippen molar-refractivity contribution in [1.29, 1.82) is 0 Å². The molecule has 0 spiro atoms. The first kappa shape index (κ1) is 21.4. The number of amides is 1. The fourth-order valence-corrected chi connectivity index (χ4v) is 4.01. The molecule has 1 saturated carbocycles. The summed E-state index contributed by atoms with van der Waals surface area (Å²) < 4.78 is 0. The maximum Gasteiger partial charge on any atom is 0.251 e. The van der Waals surface area contributed by atoms with Crippen molar-refractivity contribution in [3.63, 3.8) is 0 Å². The standard InChI is InChI=1S/C23H24ClN3O.ClH/c1-15-14-22(27-21-5-3-2-4-20(15)21)25-18-10-12-19(13-11-18)26-23(28)16-6-8-17(24)9-7-16;/h2-9,14,18-19H,10-13H2,1H3,(H,25,27)(H,26,28);1H/t18-,19+;. The molecule has 1 fully saturated rings. The van der Waals surface area contributed by atoms with Gasteiger partial charge in [-0.3, -0.25) is 4.79 Å². The molecule has 0 unspecified atom stereocenters. The Morgan fingerprint density at radius 3 is 2.38 bits per heavy atom. The smallest absolute Gasteiger partial charge is 0.251 e. The van der Waals surface area contributed by atoms with Gasteiger partial charge < -0.3 is 10.6 Å². The molecule has 1 aliphatic carbocycles. The first-order chi connectivity index (χ1) is 13.6. The number of rotatable bonds is 4. The molecule has 29 heavy (non-hydrogen) atoms. The van der Waals surface area contributed by atoms with E-state index in [1.807, 2.05) is 12.1 Å². The molecule has 2 aromatic carbocycles. The average Bonchev–Trinajstić information content (AvgIpc) is 2.70. The second kappa shape index (κ2) is 9.47. The number of nitrogens with one attached hydrogen (secondary N) is 2. The number of para-hydroxylation sites is 1. The second-order valence-corrected chi connectivity index (χ2v) is 7.95. The second-order valence-electron chi connectivity index (χ2n) is 7.51. The first-order valence-electron chi connectivity index (χ1n) is 9.78. The molecule has 4 rings (SSSR count). The van der Waals surface area contributed by atoms with E-state index < -0.39 is 0 Å². The fourth-order valence-electron chi connectivity index (χ4n) is 3.88. The predicted molar refractivity (Wildman–Crippen MR) is 122 cm³/mol. The molecule has 0 bridgehead atoms. The Hall–Kier alpha value is -2.30. The largest absolute Gasteiger partial charge is 0.367 e. The number of benzene rings is 2. The molecule has 0 radical (unpaired) electrons. The lowest BCUT2D eigenvalue weighted by atomic mass is 9.91. The molecule has 2 N–H and O–H groups in total. The molecule has 4 nitrogen and oxygen atoms in total. The summed E-state index contributed by atoms with van der Waals surface area (Å²) in [7, 11) is 0. The first-order valence-corrected chi connectivity index (χ1v) is 10.2. The Balaban J connectivity index is 0.00000240. The molecular weight excluding hydrogens is 405 g/mol. The summed E-state index contributed by atoms with van der Waals surface area (Å²) in [6.07, 6.45) is 3.95. The van der Waals surface area contributed by atoms with Gasteiger partial charge in [0.2, 0.25) is 0 Å². The summed E-state index contributed by atoms with van der Waals surface area (Å²) >= 11 is 5.89. The molecule has 1 heterocycles. The lowest BCUT2D eigenvalue weighted by Crippen LogP contribution is -2.40. The molecule has 0 atom stereocenters. The van der Waals surface area contributed by atoms with Gasteiger partial charge in [0.25, 0.3) is 5.91 Å². The van der Waals surface area contributed by atoms with E-state index in [1.165, 1.54) is 10.9 Å². The molecule has 6 heteroatoms. The third-order valence-corrected chi connectivity index (χ3v) is 5.70. The monoisotopic (exact) mass is 429 g/mol. The highest BCUT2D eigenvalue weighted by molar-refractivity contribution is 6.30. The quantitative estimate of drug-likeness (QED) is 0.553. The molecule has 1 amide bonds. The Labute approximate surface area is 182 Å². The van der Waals surface area contributed by atoms with Gasteiger partial charge in [0, 0.05) is 28.1 Å². The zero-order chi connectivity index (χ0) is 19.5. The SMILES string of the molecule is Cc1cc(N[C@H]2CC[C@@H](NC(=O)c3ccc(Cl)cc3)CC2)nc2ccccc12.Cl. The van der Waals surface area contributed by atoms with E-state index in [1.54, 1.807) is 24.3 Å². The van der Waals surface area contributed by atoms with E-state index in [4.69, 9.17) is 16.6 Å². The van der Waals surface area contributed by atoms with E-state index in [0.717, 1.165) is 37.0 Å². The maximum absolute atomic E-state index is 12.4. The summed E-state index contributed by atoms with van der Waals surface area (Å²) in [5.74, 6) is 0.907. The van der Waals surface area contributed by atoms with Gasteiger partial charge in [-0.15, -0.1) is 12.4 Å². The fraction of sp³-hybridized carbons (Fsp3) is 0.304. The van der Waals surface area contributed by atoms with Crippen LogP contribution >= 0.6 is 24.0 Å². The minimum absolute atomic E-state index is 0. The van der Waals surface area contributed by atoms with Crippen LogP contribution in [0.1, 0.15) is 41.6 Å². The Bertz CT molecular complexity index is 983. The molecule has 152 valence electrons. The number of anilines is 1. The Kier molecular flexibility index (Phi) is 6.99. The molecule has 0 aliphatic heterocycles. The number of fused-ring (bicyclic) bond motifs is 1. The van der Waals surface area contributed by atoms with Gasteiger partial charge >= 0.3 is 0 Å². The number of aryl methyl sites for hydroxylation is 1. The predicted octanol–water partition coefficient (Wildman–Crippen LogP) is 5.77. The van der Waals surface area contributed by atoms with Crippen LogP contribution in [0.4, 0.5) is 5.82 Å². The van der Waals surface area contributed by atoms with Crippen molar-refractivity contribution < 1.29 is 4.79 Å². The highest BCUT2D eigenvalue weighted by atomic mass is 35.5. The van der Waals surface area contributed by atoms with Crippen LogP contribution in [-0.2, 0) is 0 Å². The van der Waals surface area contributed by atoms with E-state index in [-0.39, 0.29) is 24.4 Å². The van der Waals surface area contributed by atoms with Crippen LogP contribution in [0.5, 0.6) is 0 Å². The van der Waals surface area contributed by atoms with Crippen LogP contribution in [-0.4, -0.2) is 23.0 Å². The van der Waals surface area contributed by atoms with Crippen LogP contribution in [0.2, 0.25) is 5.02 Å². The van der Waals surface area contributed by atoms with E-state index in [9.17, 15) is 4.79 Å². The topological polar surface area (TPSA) is 54.0 Å². The van der Waals surface area contributed by atoms with Gasteiger partial charge in [-0.2, -0.15) is 0 Å². The highest BCUT2D eigenvalue weighted by Gasteiger charge is 2.23. The summed E-state index contributed by atoms with van der Waals surface area (Å²) in [6, 6.07) is 18.0. The summed E-state index contributed by atoms with van der Waals surface area (Å²) in [5.41, 5.74) is 2.91. The number of hydrogen-bond donors (Lipinski definition) is 2. The van der Waals surface area contributed by atoms with Gasteiger partial charge in [-0.25, -0.2) is 4.98 Å². The number of carbonyl (C=O) groups is 1. The average molecular weight is 430 g/mol. The van der Waals surface area contributed by atoms with Gasteiger partial charge in [-0.1, -0.05) is 29.8 Å². The van der Waals surface area contributed by atoms with Gasteiger partial charge in [-0.05, 0) is 74.6 Å². The van der Waals surface area contributed by atoms with Crippen LogP contribution in [0.25, 0.3) is 10.9 Å². The molecule has 3 aromatic rings. The number of halogens is 2. The summed E-state index contributed by atoms with van der Waals surface area (Å²) in [6.45, 7) is 2.12. The van der Waals surface area contributed by atoms with Gasteiger partial charge in [0.15, 0.2) is 0 Å². The number of carbonyl (C=O) groups excluding carboxylic acids is 1. The Morgan fingerprint density at radius 2 is 1.66 bits per heavy atom.